The van der Waals surface area contributed by atoms with E-state index in [1.165, 1.54) is 25.1 Å². The number of Topliss-reactive ketones (excluding diaryl/α,β-unsaturated/α-hetero) is 1. The van der Waals surface area contributed by atoms with Gasteiger partial charge >= 0.3 is 0 Å². The van der Waals surface area contributed by atoms with Crippen molar-refractivity contribution >= 4 is 5.78 Å². The molecule has 4 heteroatoms. The fraction of sp³-hybridized carbons (Fsp3) is 0.188. The molecule has 0 aliphatic heterocycles. The van der Waals surface area contributed by atoms with Gasteiger partial charge in [0.1, 0.15) is 23.1 Å². The Balaban J connectivity index is 2.30. The lowest BCUT2D eigenvalue weighted by atomic mass is 10.1. The van der Waals surface area contributed by atoms with Crippen LogP contribution in [0.25, 0.3) is 0 Å². The summed E-state index contributed by atoms with van der Waals surface area (Å²) in [5.41, 5.74) is 0.215. The van der Waals surface area contributed by atoms with Crippen LogP contribution >= 0.6 is 0 Å². The number of rotatable bonds is 5. The van der Waals surface area contributed by atoms with Gasteiger partial charge in [-0.1, -0.05) is 6.07 Å². The molecule has 0 bridgehead atoms. The van der Waals surface area contributed by atoms with E-state index in [2.05, 4.69) is 0 Å². The van der Waals surface area contributed by atoms with E-state index in [1.54, 1.807) is 18.2 Å². The molecule has 0 saturated heterocycles. The summed E-state index contributed by atoms with van der Waals surface area (Å²) in [7, 11) is 0. The molecule has 0 heterocycles. The quantitative estimate of drug-likeness (QED) is 0.766. The number of hydrogen-bond acceptors (Lipinski definition) is 3. The summed E-state index contributed by atoms with van der Waals surface area (Å²) in [6.45, 7) is 3.82. The van der Waals surface area contributed by atoms with Gasteiger partial charge in [0.25, 0.3) is 0 Å². The van der Waals surface area contributed by atoms with Crippen molar-refractivity contribution in [2.24, 2.45) is 0 Å². The van der Waals surface area contributed by atoms with Crippen molar-refractivity contribution in [2.75, 3.05) is 6.61 Å². The third-order valence-corrected chi connectivity index (χ3v) is 2.67. The second kappa shape index (κ2) is 6.19. The number of ether oxygens (including phenoxy) is 2. The fourth-order valence-corrected chi connectivity index (χ4v) is 1.79. The Hall–Kier alpha value is -2.36. The topological polar surface area (TPSA) is 35.5 Å². The van der Waals surface area contributed by atoms with E-state index < -0.39 is 5.82 Å². The Bertz CT molecular complexity index is 623. The first-order chi connectivity index (χ1) is 9.60. The van der Waals surface area contributed by atoms with E-state index in [0.29, 0.717) is 23.9 Å². The van der Waals surface area contributed by atoms with E-state index in [1.807, 2.05) is 13.0 Å². The minimum atomic E-state index is -0.467. The normalized spacial score (nSPS) is 10.2. The van der Waals surface area contributed by atoms with Gasteiger partial charge < -0.3 is 9.47 Å². The Kier molecular flexibility index (Phi) is 4.35. The number of benzene rings is 2. The summed E-state index contributed by atoms with van der Waals surface area (Å²) in [4.78, 5) is 11.5. The Morgan fingerprint density at radius 3 is 2.60 bits per heavy atom. The minimum absolute atomic E-state index is 0.215. The largest absolute Gasteiger partial charge is 0.494 e. The van der Waals surface area contributed by atoms with Gasteiger partial charge in [-0.2, -0.15) is 0 Å². The van der Waals surface area contributed by atoms with Crippen LogP contribution in [0.2, 0.25) is 0 Å². The predicted molar refractivity (Wildman–Crippen MR) is 74.1 cm³/mol. The molecule has 0 atom stereocenters. The third-order valence-electron chi connectivity index (χ3n) is 2.67. The van der Waals surface area contributed by atoms with Gasteiger partial charge in [0.15, 0.2) is 5.78 Å². The zero-order chi connectivity index (χ0) is 14.5. The van der Waals surface area contributed by atoms with Crippen molar-refractivity contribution in [2.45, 2.75) is 13.8 Å². The van der Waals surface area contributed by atoms with Gasteiger partial charge in [-0.25, -0.2) is 4.39 Å². The van der Waals surface area contributed by atoms with Gasteiger partial charge in [-0.05, 0) is 44.2 Å². The summed E-state index contributed by atoms with van der Waals surface area (Å²) in [5, 5.41) is 0. The highest BCUT2D eigenvalue weighted by Crippen LogP contribution is 2.28. The zero-order valence-electron chi connectivity index (χ0n) is 11.4. The molecule has 0 fully saturated rings. The lowest BCUT2D eigenvalue weighted by Crippen LogP contribution is -1.98. The molecule has 104 valence electrons. The molecule has 0 amide bonds. The van der Waals surface area contributed by atoms with Crippen LogP contribution in [-0.4, -0.2) is 12.4 Å². The zero-order valence-corrected chi connectivity index (χ0v) is 11.4. The molecule has 2 rings (SSSR count). The molecule has 0 N–H and O–H groups in total. The molecule has 20 heavy (non-hydrogen) atoms. The van der Waals surface area contributed by atoms with Crippen molar-refractivity contribution in [1.29, 1.82) is 0 Å². The number of halogens is 1. The second-order valence-corrected chi connectivity index (χ2v) is 4.21. The monoisotopic (exact) mass is 274 g/mol. The number of ketones is 1. The van der Waals surface area contributed by atoms with Gasteiger partial charge in [-0.3, -0.25) is 4.79 Å². The molecule has 0 aliphatic carbocycles. The Labute approximate surface area is 117 Å². The molecule has 0 aromatic heterocycles. The maximum Gasteiger partial charge on any atom is 0.163 e. The minimum Gasteiger partial charge on any atom is -0.494 e. The molecule has 2 aromatic rings. The van der Waals surface area contributed by atoms with Crippen molar-refractivity contribution < 1.29 is 18.7 Å². The van der Waals surface area contributed by atoms with Crippen LogP contribution < -0.4 is 9.47 Å². The van der Waals surface area contributed by atoms with Crippen molar-refractivity contribution in [3.05, 3.63) is 53.8 Å². The standard InChI is InChI=1S/C16H15FO3/c1-3-19-13-5-4-6-14(10-13)20-16-8-7-12(17)9-15(16)11(2)18/h4-10H,3H2,1-2H3. The molecule has 0 saturated carbocycles. The lowest BCUT2D eigenvalue weighted by molar-refractivity contribution is 0.101. The van der Waals surface area contributed by atoms with Crippen molar-refractivity contribution in [3.8, 4) is 17.2 Å². The van der Waals surface area contributed by atoms with E-state index in [4.69, 9.17) is 9.47 Å². The highest BCUT2D eigenvalue weighted by atomic mass is 19.1. The molecule has 0 aliphatic rings. The first-order valence-corrected chi connectivity index (χ1v) is 6.31. The lowest BCUT2D eigenvalue weighted by Gasteiger charge is -2.11. The third kappa shape index (κ3) is 3.35. The Morgan fingerprint density at radius 2 is 1.90 bits per heavy atom. The first-order valence-electron chi connectivity index (χ1n) is 6.31. The van der Waals surface area contributed by atoms with Gasteiger partial charge in [0, 0.05) is 6.07 Å². The predicted octanol–water partition coefficient (Wildman–Crippen LogP) is 4.22. The summed E-state index contributed by atoms with van der Waals surface area (Å²) in [6, 6.07) is 10.9. The van der Waals surface area contributed by atoms with E-state index in [0.717, 1.165) is 0 Å². The maximum absolute atomic E-state index is 13.2. The van der Waals surface area contributed by atoms with Crippen molar-refractivity contribution in [3.63, 3.8) is 0 Å². The second-order valence-electron chi connectivity index (χ2n) is 4.21. The molecular weight excluding hydrogens is 259 g/mol. The van der Waals surface area contributed by atoms with Gasteiger partial charge in [0.05, 0.1) is 12.2 Å². The van der Waals surface area contributed by atoms with E-state index >= 15 is 0 Å². The average molecular weight is 274 g/mol. The summed E-state index contributed by atoms with van der Waals surface area (Å²) >= 11 is 0. The molecule has 0 unspecified atom stereocenters. The summed E-state index contributed by atoms with van der Waals surface area (Å²) in [6.07, 6.45) is 0. The molecule has 0 spiro atoms. The Morgan fingerprint density at radius 1 is 1.15 bits per heavy atom. The SMILES string of the molecule is CCOc1cccc(Oc2ccc(F)cc2C(C)=O)c1. The molecular formula is C16H15FO3. The summed E-state index contributed by atoms with van der Waals surface area (Å²) in [5.74, 6) is 0.820. The van der Waals surface area contributed by atoms with Crippen LogP contribution in [0.3, 0.4) is 0 Å². The van der Waals surface area contributed by atoms with Crippen LogP contribution in [-0.2, 0) is 0 Å². The smallest absolute Gasteiger partial charge is 0.163 e. The van der Waals surface area contributed by atoms with Crippen LogP contribution in [0.15, 0.2) is 42.5 Å². The van der Waals surface area contributed by atoms with Crippen LogP contribution in [0, 0.1) is 5.82 Å². The van der Waals surface area contributed by atoms with Crippen LogP contribution in [0.5, 0.6) is 17.2 Å². The first kappa shape index (κ1) is 14.1. The number of carbonyl (C=O) groups excluding carboxylic acids is 1. The van der Waals surface area contributed by atoms with Gasteiger partial charge in [0.2, 0.25) is 0 Å². The maximum atomic E-state index is 13.2. The molecule has 3 nitrogen and oxygen atoms in total. The van der Waals surface area contributed by atoms with E-state index in [9.17, 15) is 9.18 Å². The van der Waals surface area contributed by atoms with Gasteiger partial charge in [-0.15, -0.1) is 0 Å². The average Bonchev–Trinajstić information content (AvgIpc) is 2.41. The molecule has 0 radical (unpaired) electrons. The van der Waals surface area contributed by atoms with Crippen molar-refractivity contribution in [1.82, 2.24) is 0 Å². The number of carbonyl (C=O) groups is 1. The highest BCUT2D eigenvalue weighted by Gasteiger charge is 2.11. The molecule has 2 aromatic carbocycles. The highest BCUT2D eigenvalue weighted by molar-refractivity contribution is 5.96. The summed E-state index contributed by atoms with van der Waals surface area (Å²) < 4.78 is 24.2. The van der Waals surface area contributed by atoms with E-state index in [-0.39, 0.29) is 11.3 Å². The number of hydrogen-bond donors (Lipinski definition) is 0. The van der Waals surface area contributed by atoms with Crippen LogP contribution in [0.1, 0.15) is 24.2 Å². The fourth-order valence-electron chi connectivity index (χ4n) is 1.79. The van der Waals surface area contributed by atoms with Crippen LogP contribution in [0.4, 0.5) is 4.39 Å².